The lowest BCUT2D eigenvalue weighted by molar-refractivity contribution is -0.122. The molecule has 1 heterocycles. The highest BCUT2D eigenvalue weighted by Crippen LogP contribution is 2.23. The number of nitrogens with zero attached hydrogens (tertiary/aromatic N) is 2. The maximum Gasteiger partial charge on any atom is 0.265 e. The number of rotatable bonds is 8. The first-order valence-corrected chi connectivity index (χ1v) is 12.4. The minimum absolute atomic E-state index is 0.226. The third kappa shape index (κ3) is 6.61. The average Bonchev–Trinajstić information content (AvgIpc) is 2.76. The summed E-state index contributed by atoms with van der Waals surface area (Å²) in [6, 6.07) is 13.9. The van der Waals surface area contributed by atoms with Gasteiger partial charge in [-0.05, 0) is 75.3 Å². The second-order valence-electron chi connectivity index (χ2n) is 8.12. The van der Waals surface area contributed by atoms with E-state index in [0.29, 0.717) is 17.1 Å². The van der Waals surface area contributed by atoms with Gasteiger partial charge in [-0.2, -0.15) is 0 Å². The van der Waals surface area contributed by atoms with Crippen molar-refractivity contribution in [2.24, 2.45) is 0 Å². The van der Waals surface area contributed by atoms with E-state index < -0.39 is 16.1 Å². The fourth-order valence-electron chi connectivity index (χ4n) is 3.34. The van der Waals surface area contributed by atoms with Crippen molar-refractivity contribution in [3.05, 3.63) is 48.5 Å². The van der Waals surface area contributed by atoms with E-state index in [1.165, 1.54) is 11.4 Å². The molecule has 1 atom stereocenters. The standard InChI is InChI=1S/C23H31N3O5S/c1-17(30-20-11-7-19(8-12-20)26(3)32(4,28)29)23(27)24-18-5-9-21(10-6-18)31-22-13-15-25(2)16-14-22/h5-12,17,22H,13-16H2,1-4H3,(H,24,27)/t17-/m0/s1. The van der Waals surface area contributed by atoms with Crippen molar-refractivity contribution in [2.75, 3.05) is 43.1 Å². The highest BCUT2D eigenvalue weighted by atomic mass is 32.2. The number of anilines is 2. The van der Waals surface area contributed by atoms with Gasteiger partial charge in [-0.15, -0.1) is 0 Å². The van der Waals surface area contributed by atoms with Crippen molar-refractivity contribution in [3.8, 4) is 11.5 Å². The Morgan fingerprint density at radius 1 is 1.06 bits per heavy atom. The van der Waals surface area contributed by atoms with Crippen molar-refractivity contribution < 1.29 is 22.7 Å². The first kappa shape index (κ1) is 23.9. The van der Waals surface area contributed by atoms with E-state index in [9.17, 15) is 13.2 Å². The van der Waals surface area contributed by atoms with Crippen molar-refractivity contribution in [3.63, 3.8) is 0 Å². The molecule has 0 aliphatic carbocycles. The molecule has 0 saturated carbocycles. The van der Waals surface area contributed by atoms with Crippen molar-refractivity contribution in [1.29, 1.82) is 0 Å². The maximum atomic E-state index is 12.5. The van der Waals surface area contributed by atoms with Crippen molar-refractivity contribution in [1.82, 2.24) is 4.90 Å². The van der Waals surface area contributed by atoms with E-state index in [1.807, 2.05) is 24.3 Å². The van der Waals surface area contributed by atoms with Gasteiger partial charge in [0.2, 0.25) is 10.0 Å². The largest absolute Gasteiger partial charge is 0.490 e. The van der Waals surface area contributed by atoms with Gasteiger partial charge in [-0.25, -0.2) is 8.42 Å². The maximum absolute atomic E-state index is 12.5. The van der Waals surface area contributed by atoms with E-state index in [4.69, 9.17) is 9.47 Å². The van der Waals surface area contributed by atoms with Gasteiger partial charge in [0.25, 0.3) is 5.91 Å². The fourth-order valence-corrected chi connectivity index (χ4v) is 3.84. The summed E-state index contributed by atoms with van der Waals surface area (Å²) in [5.41, 5.74) is 1.17. The zero-order chi connectivity index (χ0) is 23.3. The van der Waals surface area contributed by atoms with E-state index in [2.05, 4.69) is 17.3 Å². The van der Waals surface area contributed by atoms with Crippen LogP contribution < -0.4 is 19.1 Å². The Bertz CT molecular complexity index is 1000. The first-order valence-electron chi connectivity index (χ1n) is 10.6. The van der Waals surface area contributed by atoms with Crippen LogP contribution in [0.25, 0.3) is 0 Å². The predicted molar refractivity (Wildman–Crippen MR) is 126 cm³/mol. The number of nitrogens with one attached hydrogen (secondary N) is 1. The number of hydrogen-bond donors (Lipinski definition) is 1. The molecule has 1 aliphatic heterocycles. The Kier molecular flexibility index (Phi) is 7.63. The molecule has 0 bridgehead atoms. The van der Waals surface area contributed by atoms with E-state index in [-0.39, 0.29) is 12.0 Å². The van der Waals surface area contributed by atoms with E-state index in [1.54, 1.807) is 31.2 Å². The number of piperidine rings is 1. The van der Waals surface area contributed by atoms with Gasteiger partial charge in [0.05, 0.1) is 11.9 Å². The van der Waals surface area contributed by atoms with Crippen LogP contribution in [0.1, 0.15) is 19.8 Å². The molecular weight excluding hydrogens is 430 g/mol. The van der Waals surface area contributed by atoms with Gasteiger partial charge < -0.3 is 19.7 Å². The molecule has 2 aromatic carbocycles. The van der Waals surface area contributed by atoms with Gasteiger partial charge in [0.15, 0.2) is 6.10 Å². The Labute approximate surface area is 190 Å². The number of hydrogen-bond acceptors (Lipinski definition) is 6. The molecule has 174 valence electrons. The molecule has 1 amide bonds. The third-order valence-electron chi connectivity index (χ3n) is 5.47. The molecule has 8 nitrogen and oxygen atoms in total. The van der Waals surface area contributed by atoms with Gasteiger partial charge in [0.1, 0.15) is 17.6 Å². The second kappa shape index (κ2) is 10.2. The lowest BCUT2D eigenvalue weighted by atomic mass is 10.1. The summed E-state index contributed by atoms with van der Waals surface area (Å²) in [5, 5.41) is 2.83. The van der Waals surface area contributed by atoms with Crippen LogP contribution in [0.5, 0.6) is 11.5 Å². The van der Waals surface area contributed by atoms with Crippen molar-refractivity contribution in [2.45, 2.75) is 32.0 Å². The zero-order valence-corrected chi connectivity index (χ0v) is 19.8. The summed E-state index contributed by atoms with van der Waals surface area (Å²) >= 11 is 0. The van der Waals surface area contributed by atoms with Crippen LogP contribution in [0, 0.1) is 0 Å². The monoisotopic (exact) mass is 461 g/mol. The summed E-state index contributed by atoms with van der Waals surface area (Å²) in [6.45, 7) is 3.73. The molecule has 1 fully saturated rings. The minimum atomic E-state index is -3.34. The molecule has 1 aliphatic rings. The highest BCUT2D eigenvalue weighted by Gasteiger charge is 2.19. The Morgan fingerprint density at radius 2 is 1.62 bits per heavy atom. The van der Waals surface area contributed by atoms with Crippen LogP contribution in [-0.4, -0.2) is 64.9 Å². The lowest BCUT2D eigenvalue weighted by Crippen LogP contribution is -2.35. The molecule has 0 spiro atoms. The number of benzene rings is 2. The van der Waals surface area contributed by atoms with Gasteiger partial charge >= 0.3 is 0 Å². The SMILES string of the molecule is C[C@H](Oc1ccc(N(C)S(C)(=O)=O)cc1)C(=O)Nc1ccc(OC2CCN(C)CC2)cc1. The van der Waals surface area contributed by atoms with E-state index in [0.717, 1.165) is 37.9 Å². The molecule has 0 unspecified atom stereocenters. The first-order chi connectivity index (χ1) is 15.1. The van der Waals surface area contributed by atoms with Crippen molar-refractivity contribution >= 4 is 27.3 Å². The quantitative estimate of drug-likeness (QED) is 0.650. The molecule has 3 rings (SSSR count). The second-order valence-corrected chi connectivity index (χ2v) is 10.1. The number of sulfonamides is 1. The number of carbonyl (C=O) groups excluding carboxylic acids is 1. The van der Waals surface area contributed by atoms with Gasteiger partial charge in [-0.3, -0.25) is 9.10 Å². The molecule has 0 aromatic heterocycles. The summed E-state index contributed by atoms with van der Waals surface area (Å²) in [5.74, 6) is 0.979. The number of ether oxygens (including phenoxy) is 2. The van der Waals surface area contributed by atoms with Crippen LogP contribution in [0.3, 0.4) is 0 Å². The van der Waals surface area contributed by atoms with Crippen LogP contribution in [0.2, 0.25) is 0 Å². The van der Waals surface area contributed by atoms with Crippen LogP contribution in [0.4, 0.5) is 11.4 Å². The minimum Gasteiger partial charge on any atom is -0.490 e. The average molecular weight is 462 g/mol. The Balaban J connectivity index is 1.51. The van der Waals surface area contributed by atoms with Gasteiger partial charge in [0, 0.05) is 25.8 Å². The highest BCUT2D eigenvalue weighted by molar-refractivity contribution is 7.92. The summed E-state index contributed by atoms with van der Waals surface area (Å²) < 4.78 is 36.1. The zero-order valence-electron chi connectivity index (χ0n) is 18.9. The summed E-state index contributed by atoms with van der Waals surface area (Å²) in [4.78, 5) is 14.8. The summed E-state index contributed by atoms with van der Waals surface area (Å²) in [6.07, 6.45) is 2.65. The lowest BCUT2D eigenvalue weighted by Gasteiger charge is -2.29. The van der Waals surface area contributed by atoms with Gasteiger partial charge in [-0.1, -0.05) is 0 Å². The molecule has 1 N–H and O–H groups in total. The molecule has 0 radical (unpaired) electrons. The number of amides is 1. The van der Waals surface area contributed by atoms with E-state index >= 15 is 0 Å². The van der Waals surface area contributed by atoms with Crippen LogP contribution in [-0.2, 0) is 14.8 Å². The Morgan fingerprint density at radius 3 is 2.19 bits per heavy atom. The normalized spacial score (nSPS) is 16.2. The molecular formula is C23H31N3O5S. The number of carbonyl (C=O) groups is 1. The molecule has 9 heteroatoms. The number of likely N-dealkylation sites (tertiary alicyclic amines) is 1. The molecule has 1 saturated heterocycles. The topological polar surface area (TPSA) is 88.2 Å². The summed E-state index contributed by atoms with van der Waals surface area (Å²) in [7, 11) is 0.258. The van der Waals surface area contributed by atoms with Crippen LogP contribution in [0.15, 0.2) is 48.5 Å². The molecule has 2 aromatic rings. The van der Waals surface area contributed by atoms with Crippen LogP contribution >= 0.6 is 0 Å². The smallest absolute Gasteiger partial charge is 0.265 e. The fraction of sp³-hybridized carbons (Fsp3) is 0.435. The third-order valence-corrected chi connectivity index (χ3v) is 6.68. The Hall–Kier alpha value is -2.78. The predicted octanol–water partition coefficient (Wildman–Crippen LogP) is 2.96. The molecule has 32 heavy (non-hydrogen) atoms.